The molecule has 1 unspecified atom stereocenters. The highest BCUT2D eigenvalue weighted by atomic mass is 16.4. The lowest BCUT2D eigenvalue weighted by Crippen LogP contribution is -2.31. The van der Waals surface area contributed by atoms with Gasteiger partial charge >= 0.3 is 0 Å². The van der Waals surface area contributed by atoms with Gasteiger partial charge in [0, 0.05) is 0 Å². The Hall–Kier alpha value is -2.17. The summed E-state index contributed by atoms with van der Waals surface area (Å²) in [6.07, 6.45) is 0. The summed E-state index contributed by atoms with van der Waals surface area (Å²) in [6.45, 7) is 3.36. The van der Waals surface area contributed by atoms with Crippen LogP contribution in [-0.2, 0) is 4.79 Å². The van der Waals surface area contributed by atoms with Crippen molar-refractivity contribution in [2.24, 2.45) is 16.2 Å². The van der Waals surface area contributed by atoms with Crippen LogP contribution in [0.15, 0.2) is 40.6 Å². The maximum absolute atomic E-state index is 12.1. The highest BCUT2D eigenvalue weighted by molar-refractivity contribution is 6.27. The Labute approximate surface area is 99.0 Å². The number of hydrazone groups is 1. The molecule has 1 heterocycles. The van der Waals surface area contributed by atoms with Gasteiger partial charge in [0.25, 0.3) is 5.91 Å². The molecule has 0 aromatic heterocycles. The van der Waals surface area contributed by atoms with Crippen molar-refractivity contribution in [1.82, 2.24) is 0 Å². The van der Waals surface area contributed by atoms with Crippen LogP contribution >= 0.6 is 0 Å². The van der Waals surface area contributed by atoms with Crippen LogP contribution < -0.4 is 5.01 Å². The number of carbonyl (C=O) groups excluding carboxylic acids is 1. The fourth-order valence-corrected chi connectivity index (χ4v) is 1.86. The zero-order valence-electron chi connectivity index (χ0n) is 9.66. The third kappa shape index (κ3) is 1.91. The third-order valence-electron chi connectivity index (χ3n) is 2.71. The largest absolute Gasteiger partial charge is 0.411 e. The van der Waals surface area contributed by atoms with E-state index in [9.17, 15) is 4.79 Å². The summed E-state index contributed by atoms with van der Waals surface area (Å²) in [5.74, 6) is -0.746. The molecule has 2 rings (SSSR count). The molecule has 0 fully saturated rings. The minimum atomic E-state index is -0.555. The quantitative estimate of drug-likeness (QED) is 0.479. The number of oxime groups is 1. The van der Waals surface area contributed by atoms with Crippen LogP contribution in [0.2, 0.25) is 0 Å². The predicted molar refractivity (Wildman–Crippen MR) is 65.4 cm³/mol. The van der Waals surface area contributed by atoms with Crippen molar-refractivity contribution in [2.45, 2.75) is 13.8 Å². The summed E-state index contributed by atoms with van der Waals surface area (Å²) in [5, 5.41) is 17.4. The number of rotatable bonds is 2. The van der Waals surface area contributed by atoms with E-state index in [0.29, 0.717) is 17.1 Å². The lowest BCUT2D eigenvalue weighted by molar-refractivity contribution is -0.118. The minimum absolute atomic E-state index is 0.191. The van der Waals surface area contributed by atoms with Gasteiger partial charge in [0.05, 0.1) is 17.1 Å². The van der Waals surface area contributed by atoms with E-state index in [1.807, 2.05) is 30.3 Å². The maximum atomic E-state index is 12.1. The number of para-hydroxylation sites is 1. The molecule has 0 spiro atoms. The zero-order chi connectivity index (χ0) is 12.4. The molecule has 5 nitrogen and oxygen atoms in total. The van der Waals surface area contributed by atoms with Crippen molar-refractivity contribution >= 4 is 23.0 Å². The molecule has 0 saturated carbocycles. The second-order valence-corrected chi connectivity index (χ2v) is 3.90. The van der Waals surface area contributed by atoms with Gasteiger partial charge in [-0.05, 0) is 26.0 Å². The number of amides is 1. The monoisotopic (exact) mass is 231 g/mol. The van der Waals surface area contributed by atoms with E-state index in [1.54, 1.807) is 13.8 Å². The number of hydrogen-bond acceptors (Lipinski definition) is 4. The summed E-state index contributed by atoms with van der Waals surface area (Å²) in [4.78, 5) is 12.1. The van der Waals surface area contributed by atoms with Gasteiger partial charge in [-0.3, -0.25) is 4.79 Å². The van der Waals surface area contributed by atoms with E-state index in [1.165, 1.54) is 5.01 Å². The Bertz CT molecular complexity index is 494. The summed E-state index contributed by atoms with van der Waals surface area (Å²) >= 11 is 0. The van der Waals surface area contributed by atoms with E-state index in [2.05, 4.69) is 10.3 Å². The number of anilines is 1. The first-order chi connectivity index (χ1) is 8.15. The lowest BCUT2D eigenvalue weighted by atomic mass is 10.00. The summed E-state index contributed by atoms with van der Waals surface area (Å²) in [6, 6.07) is 9.17. The molecule has 88 valence electrons. The van der Waals surface area contributed by atoms with Gasteiger partial charge in [-0.1, -0.05) is 23.4 Å². The summed E-state index contributed by atoms with van der Waals surface area (Å²) in [7, 11) is 0. The normalized spacial score (nSPS) is 20.7. The van der Waals surface area contributed by atoms with E-state index in [0.717, 1.165) is 0 Å². The molecular formula is C12H13N3O2. The van der Waals surface area contributed by atoms with Gasteiger partial charge in [0.2, 0.25) is 0 Å². The molecule has 1 aromatic rings. The lowest BCUT2D eigenvalue weighted by Gasteiger charge is -2.13. The van der Waals surface area contributed by atoms with Crippen molar-refractivity contribution in [2.75, 3.05) is 5.01 Å². The van der Waals surface area contributed by atoms with Gasteiger partial charge < -0.3 is 5.21 Å². The van der Waals surface area contributed by atoms with Crippen molar-refractivity contribution in [3.8, 4) is 0 Å². The number of benzene rings is 1. The van der Waals surface area contributed by atoms with Crippen LogP contribution in [0.25, 0.3) is 0 Å². The maximum Gasteiger partial charge on any atom is 0.262 e. The van der Waals surface area contributed by atoms with Crippen LogP contribution in [0, 0.1) is 5.92 Å². The number of nitrogens with zero attached hydrogens (tertiary/aromatic N) is 3. The first-order valence-corrected chi connectivity index (χ1v) is 5.28. The second kappa shape index (κ2) is 4.37. The van der Waals surface area contributed by atoms with Crippen molar-refractivity contribution < 1.29 is 10.0 Å². The van der Waals surface area contributed by atoms with Crippen molar-refractivity contribution in [1.29, 1.82) is 0 Å². The summed E-state index contributed by atoms with van der Waals surface area (Å²) in [5.41, 5.74) is 1.70. The minimum Gasteiger partial charge on any atom is -0.411 e. The molecule has 0 radical (unpaired) electrons. The van der Waals surface area contributed by atoms with Gasteiger partial charge in [-0.2, -0.15) is 10.1 Å². The van der Waals surface area contributed by atoms with E-state index >= 15 is 0 Å². The Morgan fingerprint density at radius 1 is 1.41 bits per heavy atom. The smallest absolute Gasteiger partial charge is 0.262 e. The van der Waals surface area contributed by atoms with E-state index in [-0.39, 0.29) is 5.91 Å². The fraction of sp³-hybridized carbons (Fsp3) is 0.250. The van der Waals surface area contributed by atoms with Crippen molar-refractivity contribution in [3.05, 3.63) is 30.3 Å². The van der Waals surface area contributed by atoms with Gasteiger partial charge in [-0.15, -0.1) is 0 Å². The fourth-order valence-electron chi connectivity index (χ4n) is 1.86. The predicted octanol–water partition coefficient (Wildman–Crippen LogP) is 1.88. The molecule has 1 N–H and O–H groups in total. The molecule has 1 aromatic carbocycles. The molecular weight excluding hydrogens is 218 g/mol. The molecule has 5 heteroatoms. The van der Waals surface area contributed by atoms with E-state index < -0.39 is 5.92 Å². The average molecular weight is 231 g/mol. The van der Waals surface area contributed by atoms with Crippen LogP contribution in [0.4, 0.5) is 5.69 Å². The van der Waals surface area contributed by atoms with Crippen LogP contribution in [-0.4, -0.2) is 22.5 Å². The second-order valence-electron chi connectivity index (χ2n) is 3.90. The molecule has 17 heavy (non-hydrogen) atoms. The zero-order valence-corrected chi connectivity index (χ0v) is 9.66. The topological polar surface area (TPSA) is 65.3 Å². The summed E-state index contributed by atoms with van der Waals surface area (Å²) < 4.78 is 0. The molecule has 1 aliphatic rings. The first kappa shape index (κ1) is 11.3. The molecule has 0 saturated heterocycles. The van der Waals surface area contributed by atoms with Crippen LogP contribution in [0.5, 0.6) is 0 Å². The van der Waals surface area contributed by atoms with Gasteiger partial charge in [-0.25, -0.2) is 0 Å². The molecule has 1 aliphatic heterocycles. The molecule has 0 aliphatic carbocycles. The Morgan fingerprint density at radius 3 is 2.65 bits per heavy atom. The van der Waals surface area contributed by atoms with Gasteiger partial charge in [0.15, 0.2) is 0 Å². The number of carbonyl (C=O) groups is 1. The average Bonchev–Trinajstić information content (AvgIpc) is 2.65. The SMILES string of the molecule is CC(=NO)C1C(=O)N(c2ccccc2)N=C1C. The Morgan fingerprint density at radius 2 is 2.06 bits per heavy atom. The van der Waals surface area contributed by atoms with E-state index in [4.69, 9.17) is 5.21 Å². The molecule has 1 atom stereocenters. The van der Waals surface area contributed by atoms with Crippen LogP contribution in [0.1, 0.15) is 13.8 Å². The Balaban J connectivity index is 2.34. The molecule has 1 amide bonds. The highest BCUT2D eigenvalue weighted by Crippen LogP contribution is 2.24. The van der Waals surface area contributed by atoms with Crippen LogP contribution in [0.3, 0.4) is 0 Å². The third-order valence-corrected chi connectivity index (χ3v) is 2.71. The molecule has 0 bridgehead atoms. The first-order valence-electron chi connectivity index (χ1n) is 5.28. The standard InChI is InChI=1S/C12H13N3O2/c1-8-11(9(2)14-17)12(16)15(13-8)10-6-4-3-5-7-10/h3-7,11,17H,1-2H3. The number of hydrogen-bond donors (Lipinski definition) is 1. The van der Waals surface area contributed by atoms with Crippen molar-refractivity contribution in [3.63, 3.8) is 0 Å². The van der Waals surface area contributed by atoms with Gasteiger partial charge in [0.1, 0.15) is 5.92 Å². The Kier molecular flexibility index (Phi) is 2.91. The highest BCUT2D eigenvalue weighted by Gasteiger charge is 2.36.